The van der Waals surface area contributed by atoms with Crippen molar-refractivity contribution < 1.29 is 14.3 Å². The number of hydrogen-bond acceptors (Lipinski definition) is 7. The number of methoxy groups -OCH3 is 1. The normalized spacial score (nSPS) is 17.0. The lowest BCUT2D eigenvalue weighted by atomic mass is 10.1. The first-order valence-corrected chi connectivity index (χ1v) is 9.62. The molecule has 2 heterocycles. The molecule has 0 saturated carbocycles. The molecule has 0 unspecified atom stereocenters. The van der Waals surface area contributed by atoms with Gasteiger partial charge < -0.3 is 15.0 Å². The summed E-state index contributed by atoms with van der Waals surface area (Å²) in [6, 6.07) is 7.26. The van der Waals surface area contributed by atoms with E-state index < -0.39 is 5.92 Å². The van der Waals surface area contributed by atoms with Crippen molar-refractivity contribution >= 4 is 45.7 Å². The van der Waals surface area contributed by atoms with Gasteiger partial charge in [0.25, 0.3) is 0 Å². The molecule has 1 aromatic heterocycles. The van der Waals surface area contributed by atoms with Crippen LogP contribution < -0.4 is 15.0 Å². The number of amides is 2. The molecule has 1 fully saturated rings. The highest BCUT2D eigenvalue weighted by Gasteiger charge is 2.35. The molecule has 0 radical (unpaired) electrons. The van der Waals surface area contributed by atoms with Gasteiger partial charge in [0.1, 0.15) is 5.75 Å². The molecule has 132 valence electrons. The van der Waals surface area contributed by atoms with E-state index >= 15 is 0 Å². The van der Waals surface area contributed by atoms with Gasteiger partial charge in [-0.15, -0.1) is 10.2 Å². The molecule has 2 amide bonds. The maximum absolute atomic E-state index is 12.4. The van der Waals surface area contributed by atoms with E-state index in [9.17, 15) is 9.59 Å². The lowest BCUT2D eigenvalue weighted by Crippen LogP contribution is -2.28. The molecular weight excluding hydrogens is 360 g/mol. The van der Waals surface area contributed by atoms with E-state index in [-0.39, 0.29) is 18.2 Å². The number of thioether (sulfide) groups is 1. The first kappa shape index (κ1) is 17.7. The summed E-state index contributed by atoms with van der Waals surface area (Å²) in [7, 11) is 1.58. The molecule has 1 aliphatic heterocycles. The van der Waals surface area contributed by atoms with Gasteiger partial charge in [0.2, 0.25) is 16.9 Å². The van der Waals surface area contributed by atoms with Crippen molar-refractivity contribution in [3.05, 3.63) is 24.3 Å². The minimum Gasteiger partial charge on any atom is -0.497 e. The summed E-state index contributed by atoms with van der Waals surface area (Å²) in [6.45, 7) is 2.37. The topological polar surface area (TPSA) is 84.4 Å². The second-order valence-electron chi connectivity index (χ2n) is 5.40. The number of hydrogen-bond donors (Lipinski definition) is 1. The number of ether oxygens (including phenoxy) is 1. The number of benzene rings is 1. The van der Waals surface area contributed by atoms with Gasteiger partial charge in [-0.1, -0.05) is 36.1 Å². The highest BCUT2D eigenvalue weighted by molar-refractivity contribution is 8.01. The van der Waals surface area contributed by atoms with E-state index in [1.807, 2.05) is 25.1 Å². The first-order chi connectivity index (χ1) is 12.1. The van der Waals surface area contributed by atoms with Crippen LogP contribution in [0.4, 0.5) is 10.8 Å². The Bertz CT molecular complexity index is 780. The van der Waals surface area contributed by atoms with Gasteiger partial charge in [0, 0.05) is 24.7 Å². The maximum Gasteiger partial charge on any atom is 0.231 e. The molecule has 2 aromatic rings. The SMILES string of the molecule is CCSc1nnc(NC(=O)[C@H]2CC(=O)N(c3cccc(OC)c3)C2)s1. The standard InChI is InChI=1S/C16H18N4O3S2/c1-3-24-16-19-18-15(25-16)17-14(22)10-7-13(21)20(9-10)11-5-4-6-12(8-11)23-2/h4-6,8,10H,3,7,9H2,1-2H3,(H,17,18,22)/t10-/m0/s1. The van der Waals surface area contributed by atoms with Crippen molar-refractivity contribution in [2.75, 3.05) is 29.6 Å². The van der Waals surface area contributed by atoms with E-state index in [1.165, 1.54) is 11.3 Å². The van der Waals surface area contributed by atoms with Crippen LogP contribution in [0.3, 0.4) is 0 Å². The van der Waals surface area contributed by atoms with E-state index in [0.717, 1.165) is 15.8 Å². The zero-order valence-electron chi connectivity index (χ0n) is 13.9. The number of aromatic nitrogens is 2. The molecule has 0 bridgehead atoms. The molecule has 1 aliphatic rings. The Morgan fingerprint density at radius 1 is 1.48 bits per heavy atom. The first-order valence-electron chi connectivity index (χ1n) is 7.82. The fourth-order valence-corrected chi connectivity index (χ4v) is 4.21. The summed E-state index contributed by atoms with van der Waals surface area (Å²) in [5.74, 6) is 0.878. The zero-order chi connectivity index (χ0) is 17.8. The third kappa shape index (κ3) is 4.10. The number of carbonyl (C=O) groups is 2. The lowest BCUT2D eigenvalue weighted by molar-refractivity contribution is -0.122. The van der Waals surface area contributed by atoms with Crippen molar-refractivity contribution in [3.8, 4) is 5.75 Å². The number of rotatable bonds is 6. The van der Waals surface area contributed by atoms with Crippen molar-refractivity contribution in [2.24, 2.45) is 5.92 Å². The van der Waals surface area contributed by atoms with Crippen LogP contribution in [0.15, 0.2) is 28.6 Å². The monoisotopic (exact) mass is 378 g/mol. The van der Waals surface area contributed by atoms with Crippen molar-refractivity contribution in [3.63, 3.8) is 0 Å². The van der Waals surface area contributed by atoms with Crippen molar-refractivity contribution in [1.82, 2.24) is 10.2 Å². The van der Waals surface area contributed by atoms with Gasteiger partial charge in [-0.25, -0.2) is 0 Å². The Morgan fingerprint density at radius 2 is 2.32 bits per heavy atom. The van der Waals surface area contributed by atoms with Crippen LogP contribution in [0.1, 0.15) is 13.3 Å². The molecule has 7 nitrogen and oxygen atoms in total. The highest BCUT2D eigenvalue weighted by atomic mass is 32.2. The Kier molecular flexibility index (Phi) is 5.54. The molecule has 0 spiro atoms. The molecular formula is C16H18N4O3S2. The predicted molar refractivity (Wildman–Crippen MR) is 98.4 cm³/mol. The fourth-order valence-electron chi connectivity index (χ4n) is 2.56. The van der Waals surface area contributed by atoms with Gasteiger partial charge in [0.15, 0.2) is 4.34 Å². The largest absolute Gasteiger partial charge is 0.497 e. The van der Waals surface area contributed by atoms with E-state index in [4.69, 9.17) is 4.74 Å². The lowest BCUT2D eigenvalue weighted by Gasteiger charge is -2.17. The van der Waals surface area contributed by atoms with Crippen LogP contribution in [0.25, 0.3) is 0 Å². The summed E-state index contributed by atoms with van der Waals surface area (Å²) in [4.78, 5) is 26.4. The van der Waals surface area contributed by atoms with Gasteiger partial charge in [-0.3, -0.25) is 9.59 Å². The van der Waals surface area contributed by atoms with E-state index in [2.05, 4.69) is 15.5 Å². The van der Waals surface area contributed by atoms with Crippen LogP contribution in [0.2, 0.25) is 0 Å². The molecule has 1 aromatic carbocycles. The molecule has 1 saturated heterocycles. The Morgan fingerprint density at radius 3 is 3.08 bits per heavy atom. The Hall–Kier alpha value is -2.13. The smallest absolute Gasteiger partial charge is 0.231 e. The average Bonchev–Trinajstić information content (AvgIpc) is 3.22. The molecule has 0 aliphatic carbocycles. The quantitative estimate of drug-likeness (QED) is 0.614. The third-order valence-corrected chi connectivity index (χ3v) is 5.62. The highest BCUT2D eigenvalue weighted by Crippen LogP contribution is 2.29. The number of nitrogens with zero attached hydrogens (tertiary/aromatic N) is 3. The van der Waals surface area contributed by atoms with Gasteiger partial charge >= 0.3 is 0 Å². The van der Waals surface area contributed by atoms with E-state index in [0.29, 0.717) is 17.4 Å². The molecule has 1 N–H and O–H groups in total. The summed E-state index contributed by atoms with van der Waals surface area (Å²) >= 11 is 2.92. The molecule has 9 heteroatoms. The zero-order valence-corrected chi connectivity index (χ0v) is 15.5. The van der Waals surface area contributed by atoms with Gasteiger partial charge in [-0.05, 0) is 17.9 Å². The van der Waals surface area contributed by atoms with E-state index in [1.54, 1.807) is 29.8 Å². The summed E-state index contributed by atoms with van der Waals surface area (Å²) in [5, 5.41) is 11.2. The summed E-state index contributed by atoms with van der Waals surface area (Å²) in [5.41, 5.74) is 0.734. The number of carbonyl (C=O) groups excluding carboxylic acids is 2. The average molecular weight is 378 g/mol. The summed E-state index contributed by atoms with van der Waals surface area (Å²) < 4.78 is 6.01. The van der Waals surface area contributed by atoms with Crippen LogP contribution in [-0.4, -0.2) is 41.4 Å². The van der Waals surface area contributed by atoms with Crippen molar-refractivity contribution in [1.29, 1.82) is 0 Å². The molecule has 25 heavy (non-hydrogen) atoms. The van der Waals surface area contributed by atoms with Crippen molar-refractivity contribution in [2.45, 2.75) is 17.7 Å². The number of nitrogens with one attached hydrogen (secondary N) is 1. The van der Waals surface area contributed by atoms with Crippen LogP contribution in [0, 0.1) is 5.92 Å². The minimum atomic E-state index is -0.412. The Balaban J connectivity index is 1.65. The molecule has 3 rings (SSSR count). The second kappa shape index (κ2) is 7.83. The van der Waals surface area contributed by atoms with Crippen LogP contribution in [-0.2, 0) is 9.59 Å². The second-order valence-corrected chi connectivity index (χ2v) is 7.89. The fraction of sp³-hybridized carbons (Fsp3) is 0.375. The maximum atomic E-state index is 12.4. The summed E-state index contributed by atoms with van der Waals surface area (Å²) in [6.07, 6.45) is 0.179. The predicted octanol–water partition coefficient (Wildman–Crippen LogP) is 2.65. The molecule has 1 atom stereocenters. The van der Waals surface area contributed by atoms with Crippen LogP contribution >= 0.6 is 23.1 Å². The minimum absolute atomic E-state index is 0.0760. The third-order valence-electron chi connectivity index (χ3n) is 3.77. The van der Waals surface area contributed by atoms with Gasteiger partial charge in [0.05, 0.1) is 13.0 Å². The number of anilines is 2. The van der Waals surface area contributed by atoms with Crippen LogP contribution in [0.5, 0.6) is 5.75 Å². The Labute approximate surface area is 153 Å². The van der Waals surface area contributed by atoms with Gasteiger partial charge in [-0.2, -0.15) is 0 Å².